The van der Waals surface area contributed by atoms with Gasteiger partial charge in [-0.3, -0.25) is 4.79 Å². The van der Waals surface area contributed by atoms with Crippen molar-refractivity contribution in [3.63, 3.8) is 0 Å². The number of aromatic nitrogens is 2. The predicted octanol–water partition coefficient (Wildman–Crippen LogP) is 5.28. The Bertz CT molecular complexity index is 1250. The third kappa shape index (κ3) is 4.37. The van der Waals surface area contributed by atoms with Crippen LogP contribution in [0.1, 0.15) is 45.9 Å². The number of pyridine rings is 1. The van der Waals surface area contributed by atoms with E-state index in [0.717, 1.165) is 38.3 Å². The van der Waals surface area contributed by atoms with E-state index in [4.69, 9.17) is 0 Å². The topological polar surface area (TPSA) is 46.9 Å². The van der Waals surface area contributed by atoms with Crippen molar-refractivity contribution in [2.24, 2.45) is 0 Å². The number of nitrogens with one attached hydrogen (secondary N) is 1. The van der Waals surface area contributed by atoms with E-state index in [0.29, 0.717) is 13.1 Å². The fourth-order valence-corrected chi connectivity index (χ4v) is 4.47. The molecule has 0 unspecified atom stereocenters. The van der Waals surface area contributed by atoms with Crippen LogP contribution in [0.4, 0.5) is 0 Å². The van der Waals surface area contributed by atoms with Gasteiger partial charge in [0.1, 0.15) is 0 Å². The van der Waals surface area contributed by atoms with Gasteiger partial charge in [-0.1, -0.05) is 42.0 Å². The number of rotatable bonds is 6. The van der Waals surface area contributed by atoms with Gasteiger partial charge in [-0.2, -0.15) is 0 Å². The molecule has 4 rings (SSSR count). The Labute approximate surface area is 181 Å². The molecule has 2 aromatic carbocycles. The van der Waals surface area contributed by atoms with Crippen molar-refractivity contribution < 1.29 is 0 Å². The highest BCUT2D eigenvalue weighted by atomic mass is 32.1. The van der Waals surface area contributed by atoms with E-state index in [-0.39, 0.29) is 11.6 Å². The Kier molecular flexibility index (Phi) is 5.84. The number of thiazole rings is 1. The molecule has 4 nitrogen and oxygen atoms in total. The van der Waals surface area contributed by atoms with Crippen LogP contribution in [0.3, 0.4) is 0 Å². The lowest BCUT2D eigenvalue weighted by Gasteiger charge is -2.16. The van der Waals surface area contributed by atoms with Crippen LogP contribution in [-0.2, 0) is 13.1 Å². The molecule has 0 radical (unpaired) electrons. The van der Waals surface area contributed by atoms with Crippen molar-refractivity contribution in [2.45, 2.75) is 46.8 Å². The molecule has 0 fully saturated rings. The minimum atomic E-state index is 0.0590. The van der Waals surface area contributed by atoms with Crippen LogP contribution in [0.5, 0.6) is 0 Å². The van der Waals surface area contributed by atoms with Crippen molar-refractivity contribution in [1.82, 2.24) is 14.9 Å². The van der Waals surface area contributed by atoms with Crippen LogP contribution in [0.15, 0.2) is 58.7 Å². The summed E-state index contributed by atoms with van der Waals surface area (Å²) >= 11 is 1.65. The zero-order chi connectivity index (χ0) is 21.3. The highest BCUT2D eigenvalue weighted by molar-refractivity contribution is 7.09. The molecule has 4 aromatic rings. The van der Waals surface area contributed by atoms with Gasteiger partial charge in [-0.15, -0.1) is 11.3 Å². The van der Waals surface area contributed by atoms with Crippen molar-refractivity contribution in [3.8, 4) is 0 Å². The summed E-state index contributed by atoms with van der Waals surface area (Å²) < 4.78 is 1.91. The number of benzene rings is 2. The molecular formula is C25H27N3OS. The monoisotopic (exact) mass is 417 g/mol. The lowest BCUT2D eigenvalue weighted by Crippen LogP contribution is -2.29. The van der Waals surface area contributed by atoms with Crippen LogP contribution in [0.25, 0.3) is 10.9 Å². The summed E-state index contributed by atoms with van der Waals surface area (Å²) in [6.07, 6.45) is 0. The fraction of sp³-hybridized carbons (Fsp3) is 0.280. The minimum Gasteiger partial charge on any atom is -0.305 e. The average molecular weight is 418 g/mol. The molecule has 2 aromatic heterocycles. The highest BCUT2D eigenvalue weighted by Gasteiger charge is 2.13. The minimum absolute atomic E-state index is 0.0590. The standard InChI is InChI=1S/C25H27N3OS/c1-16-6-5-7-20(10-16)14-28-24-11-17(2)8-9-21(24)12-22(25(28)29)13-26-18(3)23-15-30-19(4)27-23/h5-12,15,18,26H,13-14H2,1-4H3/t18-/m0/s1. The van der Waals surface area contributed by atoms with E-state index in [1.165, 1.54) is 5.56 Å². The fourth-order valence-electron chi connectivity index (χ4n) is 3.77. The maximum Gasteiger partial charge on any atom is 0.255 e. The van der Waals surface area contributed by atoms with E-state index >= 15 is 0 Å². The summed E-state index contributed by atoms with van der Waals surface area (Å²) in [4.78, 5) is 18.0. The molecule has 0 saturated heterocycles. The van der Waals surface area contributed by atoms with Crippen LogP contribution < -0.4 is 10.9 Å². The summed E-state index contributed by atoms with van der Waals surface area (Å²) in [5.41, 5.74) is 6.32. The Morgan fingerprint density at radius 3 is 2.60 bits per heavy atom. The summed E-state index contributed by atoms with van der Waals surface area (Å²) in [6, 6.07) is 16.8. The molecule has 5 heteroatoms. The number of hydrogen-bond acceptors (Lipinski definition) is 4. The SMILES string of the molecule is Cc1cccc(Cn2c(=O)c(CN[C@@H](C)c3csc(C)n3)cc3ccc(C)cc32)c1. The molecule has 2 heterocycles. The van der Waals surface area contributed by atoms with Gasteiger partial charge in [0, 0.05) is 23.5 Å². The molecule has 0 aliphatic heterocycles. The first kappa shape index (κ1) is 20.5. The molecule has 154 valence electrons. The van der Waals surface area contributed by atoms with Gasteiger partial charge in [-0.05, 0) is 56.3 Å². The Balaban J connectivity index is 1.70. The van der Waals surface area contributed by atoms with E-state index in [1.807, 2.05) is 23.6 Å². The first-order valence-corrected chi connectivity index (χ1v) is 11.1. The van der Waals surface area contributed by atoms with Gasteiger partial charge in [-0.25, -0.2) is 4.98 Å². The maximum atomic E-state index is 13.4. The largest absolute Gasteiger partial charge is 0.305 e. The van der Waals surface area contributed by atoms with Crippen LogP contribution >= 0.6 is 11.3 Å². The van der Waals surface area contributed by atoms with Crippen molar-refractivity contribution >= 4 is 22.2 Å². The zero-order valence-corrected chi connectivity index (χ0v) is 18.7. The summed E-state index contributed by atoms with van der Waals surface area (Å²) in [5.74, 6) is 0. The van der Waals surface area contributed by atoms with Gasteiger partial charge >= 0.3 is 0 Å². The quantitative estimate of drug-likeness (QED) is 0.464. The number of fused-ring (bicyclic) bond motifs is 1. The number of aryl methyl sites for hydroxylation is 3. The van der Waals surface area contributed by atoms with Crippen LogP contribution in [0, 0.1) is 20.8 Å². The van der Waals surface area contributed by atoms with Gasteiger partial charge in [0.25, 0.3) is 5.56 Å². The predicted molar refractivity (Wildman–Crippen MR) is 125 cm³/mol. The lowest BCUT2D eigenvalue weighted by molar-refractivity contribution is 0.558. The van der Waals surface area contributed by atoms with E-state index < -0.39 is 0 Å². The molecule has 0 aliphatic carbocycles. The van der Waals surface area contributed by atoms with Gasteiger partial charge in [0.15, 0.2) is 0 Å². The molecule has 1 N–H and O–H groups in total. The van der Waals surface area contributed by atoms with Crippen molar-refractivity contribution in [3.05, 3.63) is 97.2 Å². The Morgan fingerprint density at radius 2 is 1.87 bits per heavy atom. The average Bonchev–Trinajstić information content (AvgIpc) is 3.15. The molecule has 0 bridgehead atoms. The summed E-state index contributed by atoms with van der Waals surface area (Å²) in [5, 5.41) is 7.69. The van der Waals surface area contributed by atoms with E-state index in [9.17, 15) is 4.79 Å². The summed E-state index contributed by atoms with van der Waals surface area (Å²) in [7, 11) is 0. The second-order valence-corrected chi connectivity index (χ2v) is 9.07. The molecule has 0 spiro atoms. The van der Waals surface area contributed by atoms with E-state index in [1.54, 1.807) is 11.3 Å². The number of hydrogen-bond donors (Lipinski definition) is 1. The van der Waals surface area contributed by atoms with Gasteiger partial charge in [0.2, 0.25) is 0 Å². The molecule has 0 aliphatic rings. The molecule has 1 atom stereocenters. The normalized spacial score (nSPS) is 12.4. The second kappa shape index (κ2) is 8.54. The highest BCUT2D eigenvalue weighted by Crippen LogP contribution is 2.19. The number of nitrogens with zero attached hydrogens (tertiary/aromatic N) is 2. The second-order valence-electron chi connectivity index (χ2n) is 8.01. The van der Waals surface area contributed by atoms with Crippen molar-refractivity contribution in [2.75, 3.05) is 0 Å². The Morgan fingerprint density at radius 1 is 1.07 bits per heavy atom. The maximum absolute atomic E-state index is 13.4. The molecule has 0 saturated carbocycles. The van der Waals surface area contributed by atoms with Crippen LogP contribution in [0.2, 0.25) is 0 Å². The third-order valence-corrected chi connectivity index (χ3v) is 6.22. The first-order chi connectivity index (χ1) is 14.4. The van der Waals surface area contributed by atoms with Crippen LogP contribution in [-0.4, -0.2) is 9.55 Å². The first-order valence-electron chi connectivity index (χ1n) is 10.2. The molecule has 30 heavy (non-hydrogen) atoms. The summed E-state index contributed by atoms with van der Waals surface area (Å²) in [6.45, 7) is 9.31. The lowest BCUT2D eigenvalue weighted by atomic mass is 10.1. The van der Waals surface area contributed by atoms with Gasteiger partial charge < -0.3 is 9.88 Å². The third-order valence-electron chi connectivity index (χ3n) is 5.43. The molecular weight excluding hydrogens is 390 g/mol. The van der Waals surface area contributed by atoms with Gasteiger partial charge in [0.05, 0.1) is 22.8 Å². The smallest absolute Gasteiger partial charge is 0.255 e. The Hall–Kier alpha value is -2.76. The van der Waals surface area contributed by atoms with E-state index in [2.05, 4.69) is 72.9 Å². The zero-order valence-electron chi connectivity index (χ0n) is 17.9. The van der Waals surface area contributed by atoms with Crippen molar-refractivity contribution in [1.29, 1.82) is 0 Å². The molecule has 0 amide bonds.